The third-order valence-electron chi connectivity index (χ3n) is 4.58. The Bertz CT molecular complexity index is 1230. The first-order chi connectivity index (χ1) is 14.6. The second-order valence-corrected chi connectivity index (χ2v) is 9.02. The van der Waals surface area contributed by atoms with Crippen LogP contribution in [0.4, 0.5) is 0 Å². The zero-order valence-electron chi connectivity index (χ0n) is 17.8. The van der Waals surface area contributed by atoms with Crippen LogP contribution in [0.25, 0.3) is 10.2 Å². The van der Waals surface area contributed by atoms with Gasteiger partial charge in [0.2, 0.25) is 0 Å². The molecule has 0 fully saturated rings. The molecule has 1 aromatic carbocycles. The molecule has 0 aliphatic heterocycles. The van der Waals surface area contributed by atoms with Gasteiger partial charge in [0.15, 0.2) is 5.06 Å². The molecule has 0 amide bonds. The fraction of sp³-hybridized carbons (Fsp3) is 0.364. The smallest absolute Gasteiger partial charge is 0.332 e. The van der Waals surface area contributed by atoms with Gasteiger partial charge in [-0.05, 0) is 39.7 Å². The number of thiophene rings is 1. The van der Waals surface area contributed by atoms with Gasteiger partial charge in [0.05, 0.1) is 5.39 Å². The summed E-state index contributed by atoms with van der Waals surface area (Å²) in [6.07, 6.45) is 0.543. The Kier molecular flexibility index (Phi) is 6.45. The number of ether oxygens (including phenoxy) is 2. The summed E-state index contributed by atoms with van der Waals surface area (Å²) in [4.78, 5) is 50.0. The van der Waals surface area contributed by atoms with Crippen molar-refractivity contribution in [2.24, 2.45) is 0 Å². The van der Waals surface area contributed by atoms with Crippen LogP contribution in [0.15, 0.2) is 39.9 Å². The Morgan fingerprint density at radius 2 is 1.81 bits per heavy atom. The molecule has 9 heteroatoms. The van der Waals surface area contributed by atoms with E-state index in [9.17, 15) is 19.2 Å². The number of benzene rings is 1. The van der Waals surface area contributed by atoms with Crippen LogP contribution in [-0.2, 0) is 33.8 Å². The van der Waals surface area contributed by atoms with E-state index in [-0.39, 0.29) is 23.5 Å². The number of carbonyl (C=O) groups is 2. The molecule has 2 heterocycles. The second-order valence-electron chi connectivity index (χ2n) is 8.06. The number of aromatic nitrogens is 2. The molecule has 0 N–H and O–H groups in total. The van der Waals surface area contributed by atoms with Crippen molar-refractivity contribution in [3.05, 3.63) is 62.3 Å². The van der Waals surface area contributed by atoms with Crippen molar-refractivity contribution in [3.63, 3.8) is 0 Å². The molecule has 0 spiro atoms. The molecule has 31 heavy (non-hydrogen) atoms. The van der Waals surface area contributed by atoms with E-state index in [1.807, 2.05) is 30.3 Å². The quantitative estimate of drug-likeness (QED) is 0.411. The first-order valence-electron chi connectivity index (χ1n) is 9.75. The lowest BCUT2D eigenvalue weighted by Crippen LogP contribution is -2.42. The van der Waals surface area contributed by atoms with Crippen LogP contribution in [0.5, 0.6) is 5.06 Å². The van der Waals surface area contributed by atoms with Gasteiger partial charge in [-0.2, -0.15) is 0 Å². The monoisotopic (exact) mass is 444 g/mol. The van der Waals surface area contributed by atoms with Gasteiger partial charge in [0.1, 0.15) is 17.0 Å². The number of aryl methyl sites for hydroxylation is 3. The number of hydrogen-bond donors (Lipinski definition) is 0. The number of rotatable bonds is 7. The Labute approximate surface area is 182 Å². The molecule has 8 nitrogen and oxygen atoms in total. The molecule has 0 saturated heterocycles. The highest BCUT2D eigenvalue weighted by Gasteiger charge is 2.24. The van der Waals surface area contributed by atoms with Gasteiger partial charge in [-0.1, -0.05) is 41.7 Å². The van der Waals surface area contributed by atoms with Crippen molar-refractivity contribution in [1.29, 1.82) is 0 Å². The molecule has 2 aromatic heterocycles. The Morgan fingerprint density at radius 3 is 2.42 bits per heavy atom. The normalized spacial score (nSPS) is 11.5. The lowest BCUT2D eigenvalue weighted by atomic mass is 10.1. The van der Waals surface area contributed by atoms with Crippen molar-refractivity contribution in [2.75, 3.05) is 0 Å². The lowest BCUT2D eigenvalue weighted by molar-refractivity contribution is -0.155. The van der Waals surface area contributed by atoms with E-state index in [1.54, 1.807) is 27.7 Å². The predicted octanol–water partition coefficient (Wildman–Crippen LogP) is 2.65. The van der Waals surface area contributed by atoms with E-state index in [4.69, 9.17) is 9.47 Å². The third-order valence-corrected chi connectivity index (χ3v) is 5.79. The number of fused-ring (bicyclic) bond motifs is 1. The van der Waals surface area contributed by atoms with Crippen LogP contribution in [0.3, 0.4) is 0 Å². The molecule has 3 rings (SSSR count). The van der Waals surface area contributed by atoms with E-state index >= 15 is 0 Å². The van der Waals surface area contributed by atoms with Crippen LogP contribution in [0.2, 0.25) is 0 Å². The molecular formula is C22H24N2O6S. The minimum Gasteiger partial charge on any atom is -0.459 e. The van der Waals surface area contributed by atoms with E-state index < -0.39 is 29.4 Å². The van der Waals surface area contributed by atoms with Crippen molar-refractivity contribution >= 4 is 34.0 Å². The SMILES string of the molecule is Cc1c(OC=O)sc2c1c(=O)n(CC(=O)OC(C)(C)C)c(=O)n2CCc1ccccc1. The maximum atomic E-state index is 13.2. The van der Waals surface area contributed by atoms with Crippen LogP contribution in [0.1, 0.15) is 31.9 Å². The van der Waals surface area contributed by atoms with Gasteiger partial charge >= 0.3 is 11.7 Å². The molecular weight excluding hydrogens is 420 g/mol. The average molecular weight is 445 g/mol. The first-order valence-corrected chi connectivity index (χ1v) is 10.6. The molecule has 164 valence electrons. The van der Waals surface area contributed by atoms with Crippen molar-refractivity contribution in [3.8, 4) is 5.06 Å². The van der Waals surface area contributed by atoms with Gasteiger partial charge in [-0.3, -0.25) is 19.0 Å². The highest BCUT2D eigenvalue weighted by Crippen LogP contribution is 2.34. The zero-order chi connectivity index (χ0) is 22.8. The fourth-order valence-corrected chi connectivity index (χ4v) is 4.40. The standard InChI is InChI=1S/C22H24N2O6S/c1-14-17-18(27)24(12-16(26)30-22(2,3)4)21(28)23(19(17)31-20(14)29-13-25)11-10-15-8-6-5-7-9-15/h5-9,13H,10-12H2,1-4H3. The summed E-state index contributed by atoms with van der Waals surface area (Å²) in [6.45, 7) is 6.83. The first kappa shape index (κ1) is 22.5. The van der Waals surface area contributed by atoms with E-state index in [1.165, 1.54) is 4.57 Å². The lowest BCUT2D eigenvalue weighted by Gasteiger charge is -2.20. The number of hydrogen-bond acceptors (Lipinski definition) is 7. The number of nitrogens with zero attached hydrogens (tertiary/aromatic N) is 2. The van der Waals surface area contributed by atoms with E-state index in [0.29, 0.717) is 16.8 Å². The maximum absolute atomic E-state index is 13.2. The maximum Gasteiger partial charge on any atom is 0.332 e. The largest absolute Gasteiger partial charge is 0.459 e. The van der Waals surface area contributed by atoms with Crippen LogP contribution >= 0.6 is 11.3 Å². The fourth-order valence-electron chi connectivity index (χ4n) is 3.26. The summed E-state index contributed by atoms with van der Waals surface area (Å²) in [5.41, 5.74) is -0.511. The van der Waals surface area contributed by atoms with Gasteiger partial charge < -0.3 is 9.47 Å². The van der Waals surface area contributed by atoms with E-state index in [2.05, 4.69) is 0 Å². The zero-order valence-corrected chi connectivity index (χ0v) is 18.7. The third kappa shape index (κ3) is 4.93. The molecule has 0 aliphatic carbocycles. The van der Waals surface area contributed by atoms with Gasteiger partial charge in [-0.25, -0.2) is 9.36 Å². The summed E-state index contributed by atoms with van der Waals surface area (Å²) in [6, 6.07) is 9.60. The summed E-state index contributed by atoms with van der Waals surface area (Å²) < 4.78 is 12.6. The molecule has 0 bridgehead atoms. The molecule has 0 aliphatic rings. The highest BCUT2D eigenvalue weighted by molar-refractivity contribution is 7.20. The van der Waals surface area contributed by atoms with Crippen molar-refractivity contribution < 1.29 is 19.1 Å². The number of esters is 1. The van der Waals surface area contributed by atoms with Crippen LogP contribution in [0, 0.1) is 6.92 Å². The van der Waals surface area contributed by atoms with Crippen LogP contribution < -0.4 is 16.0 Å². The predicted molar refractivity (Wildman–Crippen MR) is 118 cm³/mol. The average Bonchev–Trinajstić information content (AvgIpc) is 3.01. The van der Waals surface area contributed by atoms with Crippen molar-refractivity contribution in [2.45, 2.75) is 52.8 Å². The molecule has 0 atom stereocenters. The Balaban J connectivity index is 2.13. The second kappa shape index (κ2) is 8.89. The van der Waals surface area contributed by atoms with Gasteiger partial charge in [0, 0.05) is 12.1 Å². The topological polar surface area (TPSA) is 96.6 Å². The minimum atomic E-state index is -0.750. The summed E-state index contributed by atoms with van der Waals surface area (Å²) >= 11 is 1.06. The van der Waals surface area contributed by atoms with Crippen LogP contribution in [-0.4, -0.2) is 27.2 Å². The Morgan fingerprint density at radius 1 is 1.13 bits per heavy atom. The molecule has 0 unspecified atom stereocenters. The summed E-state index contributed by atoms with van der Waals surface area (Å²) in [7, 11) is 0. The molecule has 3 aromatic rings. The summed E-state index contributed by atoms with van der Waals surface area (Å²) in [5.74, 6) is -0.682. The van der Waals surface area contributed by atoms with Crippen molar-refractivity contribution in [1.82, 2.24) is 9.13 Å². The number of carbonyl (C=O) groups excluding carboxylic acids is 2. The molecule has 0 radical (unpaired) electrons. The summed E-state index contributed by atoms with van der Waals surface area (Å²) in [5, 5.41) is 0.489. The van der Waals surface area contributed by atoms with E-state index in [0.717, 1.165) is 21.5 Å². The molecule has 0 saturated carbocycles. The Hall–Kier alpha value is -3.20. The van der Waals surface area contributed by atoms with Gasteiger partial charge in [0.25, 0.3) is 12.0 Å². The minimum absolute atomic E-state index is 0.241. The van der Waals surface area contributed by atoms with Gasteiger partial charge in [-0.15, -0.1) is 0 Å². The highest BCUT2D eigenvalue weighted by atomic mass is 32.1.